The van der Waals surface area contributed by atoms with Gasteiger partial charge in [-0.15, -0.1) is 5.10 Å². The lowest BCUT2D eigenvalue weighted by Gasteiger charge is -2.33. The van der Waals surface area contributed by atoms with Gasteiger partial charge in [0.15, 0.2) is 5.76 Å². The molecular weight excluding hydrogens is 328 g/mol. The van der Waals surface area contributed by atoms with E-state index in [-0.39, 0.29) is 17.9 Å². The second-order valence-corrected chi connectivity index (χ2v) is 7.20. The van der Waals surface area contributed by atoms with Crippen LogP contribution in [0.15, 0.2) is 10.6 Å². The molecule has 0 bridgehead atoms. The second kappa shape index (κ2) is 6.60. The van der Waals surface area contributed by atoms with Gasteiger partial charge in [-0.1, -0.05) is 9.64 Å². The van der Waals surface area contributed by atoms with E-state index >= 15 is 0 Å². The highest BCUT2D eigenvalue weighted by Crippen LogP contribution is 2.36. The number of ether oxygens (including phenoxy) is 1. The van der Waals surface area contributed by atoms with E-state index in [1.54, 1.807) is 0 Å². The Hall–Kier alpha value is -1.80. The summed E-state index contributed by atoms with van der Waals surface area (Å²) in [7, 11) is 0. The lowest BCUT2D eigenvalue weighted by Crippen LogP contribution is -2.44. The fourth-order valence-corrected chi connectivity index (χ4v) is 4.18. The first-order valence-corrected chi connectivity index (χ1v) is 9.16. The summed E-state index contributed by atoms with van der Waals surface area (Å²) in [5.41, 5.74) is 1.75. The second-order valence-electron chi connectivity index (χ2n) is 6.44. The van der Waals surface area contributed by atoms with Gasteiger partial charge < -0.3 is 14.2 Å². The maximum atomic E-state index is 12.6. The quantitative estimate of drug-likeness (QED) is 0.847. The number of piperidine rings is 1. The molecule has 0 aromatic carbocycles. The summed E-state index contributed by atoms with van der Waals surface area (Å²) >= 11 is 1.32. The molecule has 4 heterocycles. The van der Waals surface area contributed by atoms with Crippen LogP contribution in [0.2, 0.25) is 0 Å². The van der Waals surface area contributed by atoms with Crippen LogP contribution < -0.4 is 0 Å². The number of aromatic nitrogens is 3. The van der Waals surface area contributed by atoms with Gasteiger partial charge in [-0.05, 0) is 44.1 Å². The lowest BCUT2D eigenvalue weighted by molar-refractivity contribution is -0.142. The number of nitrogens with zero attached hydrogens (tertiary/aromatic N) is 4. The van der Waals surface area contributed by atoms with Crippen LogP contribution in [0.3, 0.4) is 0 Å². The SMILES string of the molecule is Cc1cc(-c2snnc2C2CCCN(C(=O)C3CCCO3)C2)on1. The summed E-state index contributed by atoms with van der Waals surface area (Å²) < 4.78 is 15.0. The molecule has 128 valence electrons. The Morgan fingerprint density at radius 3 is 3.04 bits per heavy atom. The summed E-state index contributed by atoms with van der Waals surface area (Å²) in [6.45, 7) is 4.05. The van der Waals surface area contributed by atoms with E-state index in [2.05, 4.69) is 14.7 Å². The predicted octanol–water partition coefficient (Wildman–Crippen LogP) is 2.39. The van der Waals surface area contributed by atoms with Gasteiger partial charge in [0.25, 0.3) is 5.91 Å². The fraction of sp³-hybridized carbons (Fsp3) is 0.625. The fourth-order valence-electron chi connectivity index (χ4n) is 3.48. The molecule has 2 aliphatic heterocycles. The van der Waals surface area contributed by atoms with Gasteiger partial charge in [0.1, 0.15) is 11.0 Å². The van der Waals surface area contributed by atoms with E-state index in [1.807, 2.05) is 17.9 Å². The number of likely N-dealkylation sites (tertiary alicyclic amines) is 1. The maximum Gasteiger partial charge on any atom is 0.251 e. The third-order valence-electron chi connectivity index (χ3n) is 4.69. The normalized spacial score (nSPS) is 24.5. The molecule has 0 saturated carbocycles. The van der Waals surface area contributed by atoms with Crippen molar-refractivity contribution in [3.63, 3.8) is 0 Å². The zero-order valence-corrected chi connectivity index (χ0v) is 14.4. The molecule has 2 saturated heterocycles. The Labute approximate surface area is 144 Å². The van der Waals surface area contributed by atoms with Crippen LogP contribution in [0.5, 0.6) is 0 Å². The van der Waals surface area contributed by atoms with Gasteiger partial charge in [0, 0.05) is 31.7 Å². The Morgan fingerprint density at radius 1 is 1.38 bits per heavy atom. The molecule has 24 heavy (non-hydrogen) atoms. The molecule has 0 spiro atoms. The predicted molar refractivity (Wildman–Crippen MR) is 87.7 cm³/mol. The summed E-state index contributed by atoms with van der Waals surface area (Å²) in [5, 5.41) is 8.28. The molecule has 2 unspecified atom stereocenters. The van der Waals surface area contributed by atoms with Crippen LogP contribution in [-0.4, -0.2) is 51.4 Å². The largest absolute Gasteiger partial charge is 0.368 e. The highest BCUT2D eigenvalue weighted by atomic mass is 32.1. The molecule has 2 aliphatic rings. The zero-order chi connectivity index (χ0) is 16.5. The van der Waals surface area contributed by atoms with Crippen molar-refractivity contribution < 1.29 is 14.1 Å². The van der Waals surface area contributed by atoms with Crippen LogP contribution in [0.1, 0.15) is 43.0 Å². The van der Waals surface area contributed by atoms with E-state index in [9.17, 15) is 4.79 Å². The van der Waals surface area contributed by atoms with Gasteiger partial charge in [-0.2, -0.15) is 0 Å². The third-order valence-corrected chi connectivity index (χ3v) is 5.45. The first kappa shape index (κ1) is 15.7. The van der Waals surface area contributed by atoms with Crippen LogP contribution in [0.4, 0.5) is 0 Å². The first-order valence-electron chi connectivity index (χ1n) is 8.38. The summed E-state index contributed by atoms with van der Waals surface area (Å²) in [6.07, 6.45) is 3.52. The molecule has 8 heteroatoms. The molecule has 2 aromatic rings. The van der Waals surface area contributed by atoms with E-state index in [4.69, 9.17) is 9.26 Å². The number of aryl methyl sites for hydroxylation is 1. The molecular formula is C16H20N4O3S. The molecule has 7 nitrogen and oxygen atoms in total. The van der Waals surface area contributed by atoms with E-state index in [1.165, 1.54) is 11.5 Å². The minimum Gasteiger partial charge on any atom is -0.368 e. The number of hydrogen-bond acceptors (Lipinski definition) is 7. The minimum absolute atomic E-state index is 0.123. The topological polar surface area (TPSA) is 81.4 Å². The van der Waals surface area contributed by atoms with E-state index in [0.29, 0.717) is 18.9 Å². The zero-order valence-electron chi connectivity index (χ0n) is 13.6. The first-order chi connectivity index (χ1) is 11.7. The van der Waals surface area contributed by atoms with Crippen molar-refractivity contribution in [3.05, 3.63) is 17.5 Å². The Morgan fingerprint density at radius 2 is 2.29 bits per heavy atom. The number of carbonyl (C=O) groups excluding carboxylic acids is 1. The van der Waals surface area contributed by atoms with Gasteiger partial charge in [-0.25, -0.2) is 0 Å². The Bertz CT molecular complexity index is 722. The van der Waals surface area contributed by atoms with Crippen LogP contribution >= 0.6 is 11.5 Å². The van der Waals surface area contributed by atoms with Crippen molar-refractivity contribution in [1.82, 2.24) is 19.6 Å². The molecule has 2 aromatic heterocycles. The van der Waals surface area contributed by atoms with Gasteiger partial charge in [-0.3, -0.25) is 4.79 Å². The molecule has 0 aliphatic carbocycles. The summed E-state index contributed by atoms with van der Waals surface area (Å²) in [4.78, 5) is 15.5. The van der Waals surface area contributed by atoms with E-state index < -0.39 is 0 Å². The van der Waals surface area contributed by atoms with Gasteiger partial charge >= 0.3 is 0 Å². The maximum absolute atomic E-state index is 12.6. The van der Waals surface area contributed by atoms with Gasteiger partial charge in [0.05, 0.1) is 11.4 Å². The van der Waals surface area contributed by atoms with Crippen molar-refractivity contribution in [3.8, 4) is 10.6 Å². The number of hydrogen-bond donors (Lipinski definition) is 0. The Balaban J connectivity index is 1.52. The standard InChI is InChI=1S/C16H20N4O3S/c1-10-8-13(23-18-10)15-14(17-19-24-15)11-4-2-6-20(9-11)16(21)12-5-3-7-22-12/h8,11-12H,2-7,9H2,1H3. The number of rotatable bonds is 3. The number of carbonyl (C=O) groups is 1. The molecule has 2 atom stereocenters. The summed E-state index contributed by atoms with van der Waals surface area (Å²) in [6, 6.07) is 1.90. The molecule has 4 rings (SSSR count). The Kier molecular flexibility index (Phi) is 4.32. The molecule has 0 radical (unpaired) electrons. The smallest absolute Gasteiger partial charge is 0.251 e. The monoisotopic (exact) mass is 348 g/mol. The highest BCUT2D eigenvalue weighted by Gasteiger charge is 2.34. The molecule has 1 amide bonds. The van der Waals surface area contributed by atoms with Crippen LogP contribution in [0, 0.1) is 6.92 Å². The van der Waals surface area contributed by atoms with Crippen molar-refractivity contribution >= 4 is 17.4 Å². The summed E-state index contributed by atoms with van der Waals surface area (Å²) in [5.74, 6) is 1.01. The number of amides is 1. The third kappa shape index (κ3) is 2.95. The van der Waals surface area contributed by atoms with Crippen LogP contribution in [-0.2, 0) is 9.53 Å². The van der Waals surface area contributed by atoms with Crippen molar-refractivity contribution in [2.75, 3.05) is 19.7 Å². The minimum atomic E-state index is -0.256. The van der Waals surface area contributed by atoms with Crippen molar-refractivity contribution in [2.24, 2.45) is 0 Å². The average molecular weight is 348 g/mol. The van der Waals surface area contributed by atoms with Crippen molar-refractivity contribution in [2.45, 2.75) is 44.6 Å². The highest BCUT2D eigenvalue weighted by molar-refractivity contribution is 7.09. The van der Waals surface area contributed by atoms with Gasteiger partial charge in [0.2, 0.25) is 0 Å². The van der Waals surface area contributed by atoms with Crippen molar-refractivity contribution in [1.29, 1.82) is 0 Å². The van der Waals surface area contributed by atoms with Crippen LogP contribution in [0.25, 0.3) is 10.6 Å². The average Bonchev–Trinajstić information content (AvgIpc) is 3.35. The molecule has 2 fully saturated rings. The molecule has 0 N–H and O–H groups in total. The van der Waals surface area contributed by atoms with E-state index in [0.717, 1.165) is 48.5 Å². The lowest BCUT2D eigenvalue weighted by atomic mass is 9.93.